The zero-order chi connectivity index (χ0) is 23.1. The smallest absolute Gasteiger partial charge is 0.274 e. The van der Waals surface area contributed by atoms with Gasteiger partial charge in [0.25, 0.3) is 5.91 Å². The Morgan fingerprint density at radius 2 is 1.67 bits per heavy atom. The van der Waals surface area contributed by atoms with Crippen LogP contribution in [0.15, 0.2) is 62.6 Å². The van der Waals surface area contributed by atoms with E-state index in [-0.39, 0.29) is 29.8 Å². The summed E-state index contributed by atoms with van der Waals surface area (Å²) in [5.41, 5.74) is 2.41. The first kappa shape index (κ1) is 22.8. The lowest BCUT2D eigenvalue weighted by Crippen LogP contribution is -2.56. The molecule has 2 fully saturated rings. The molecule has 5 atom stereocenters. The third-order valence-corrected chi connectivity index (χ3v) is 8.42. The fraction of sp³-hybridized carbons (Fsp3) is 0.423. The van der Waals surface area contributed by atoms with Gasteiger partial charge >= 0.3 is 0 Å². The first-order chi connectivity index (χ1) is 15.9. The Morgan fingerprint density at radius 1 is 1.00 bits per heavy atom. The summed E-state index contributed by atoms with van der Waals surface area (Å²) in [7, 11) is 0. The van der Waals surface area contributed by atoms with Crippen molar-refractivity contribution in [1.29, 1.82) is 0 Å². The molecule has 0 bridgehead atoms. The number of amides is 2. The van der Waals surface area contributed by atoms with Crippen molar-refractivity contribution in [3.8, 4) is 0 Å². The molecule has 2 aromatic rings. The highest BCUT2D eigenvalue weighted by Gasteiger charge is 2.46. The molecule has 0 spiro atoms. The quantitative estimate of drug-likeness (QED) is 0.507. The zero-order valence-corrected chi connectivity index (χ0v) is 21.7. The maximum Gasteiger partial charge on any atom is 0.274 e. The summed E-state index contributed by atoms with van der Waals surface area (Å²) in [5, 5.41) is 9.67. The maximum atomic E-state index is 13.5. The van der Waals surface area contributed by atoms with E-state index in [1.807, 2.05) is 36.4 Å². The molecule has 3 aliphatic rings. The van der Waals surface area contributed by atoms with Crippen LogP contribution in [0.2, 0.25) is 0 Å². The van der Waals surface area contributed by atoms with Gasteiger partial charge in [-0.15, -0.1) is 0 Å². The molecule has 33 heavy (non-hydrogen) atoms. The van der Waals surface area contributed by atoms with Crippen LogP contribution in [0.1, 0.15) is 54.9 Å². The number of nitrogens with zero attached hydrogens (tertiary/aromatic N) is 2. The van der Waals surface area contributed by atoms with Crippen LogP contribution in [0, 0.1) is 17.8 Å². The number of carbonyl (C=O) groups is 2. The second-order valence-corrected chi connectivity index (χ2v) is 11.4. The molecule has 172 valence electrons. The first-order valence-electron chi connectivity index (χ1n) is 11.6. The summed E-state index contributed by atoms with van der Waals surface area (Å²) in [6.07, 6.45) is 4.79. The van der Waals surface area contributed by atoms with Crippen LogP contribution in [0.4, 0.5) is 0 Å². The molecule has 7 heteroatoms. The molecule has 5 rings (SSSR count). The Labute approximate surface area is 211 Å². The summed E-state index contributed by atoms with van der Waals surface area (Å²) in [6, 6.07) is 15.3. The van der Waals surface area contributed by atoms with Crippen molar-refractivity contribution in [2.24, 2.45) is 22.9 Å². The van der Waals surface area contributed by atoms with Crippen LogP contribution >= 0.6 is 31.9 Å². The predicted octanol–water partition coefficient (Wildman–Crippen LogP) is 5.77. The number of piperidine rings is 1. The van der Waals surface area contributed by atoms with E-state index < -0.39 is 0 Å². The van der Waals surface area contributed by atoms with Crippen molar-refractivity contribution >= 4 is 49.4 Å². The third-order valence-electron chi connectivity index (χ3n) is 7.36. The average molecular weight is 573 g/mol. The molecule has 0 radical (unpaired) electrons. The minimum Gasteiger partial charge on any atom is -0.353 e. The molecule has 2 aromatic carbocycles. The fourth-order valence-electron chi connectivity index (χ4n) is 5.54. The first-order valence-corrected chi connectivity index (χ1v) is 13.2. The standard InChI is InChI=1S/C26H27Br2N3O2/c1-15-2-3-18-13-21(25(32)29-22(18)12-15)24-14-23(16-4-8-19(27)9-5-16)30-31(24)26(33)17-6-10-20(28)11-7-17/h4-11,15,18,21-22,24H,2-3,12-14H2,1H3,(H,29,32). The van der Waals surface area contributed by atoms with E-state index in [0.29, 0.717) is 23.8 Å². The summed E-state index contributed by atoms with van der Waals surface area (Å²) < 4.78 is 1.91. The molecule has 2 heterocycles. The van der Waals surface area contributed by atoms with E-state index in [1.165, 1.54) is 6.42 Å². The predicted molar refractivity (Wildman–Crippen MR) is 136 cm³/mol. The van der Waals surface area contributed by atoms with Crippen molar-refractivity contribution in [2.75, 3.05) is 0 Å². The molecule has 2 aliphatic heterocycles. The molecule has 2 amide bonds. The number of hydrogen-bond acceptors (Lipinski definition) is 3. The normalized spacial score (nSPS) is 29.3. The van der Waals surface area contributed by atoms with E-state index in [9.17, 15) is 9.59 Å². The van der Waals surface area contributed by atoms with Crippen LogP contribution in [-0.4, -0.2) is 34.6 Å². The monoisotopic (exact) mass is 571 g/mol. The zero-order valence-electron chi connectivity index (χ0n) is 18.5. The van der Waals surface area contributed by atoms with Crippen LogP contribution in [0.3, 0.4) is 0 Å². The van der Waals surface area contributed by atoms with E-state index in [1.54, 1.807) is 17.1 Å². The van der Waals surface area contributed by atoms with Gasteiger partial charge in [0.15, 0.2) is 0 Å². The topological polar surface area (TPSA) is 61.8 Å². The van der Waals surface area contributed by atoms with Crippen molar-refractivity contribution in [3.63, 3.8) is 0 Å². The fourth-order valence-corrected chi connectivity index (χ4v) is 6.07. The largest absolute Gasteiger partial charge is 0.353 e. The summed E-state index contributed by atoms with van der Waals surface area (Å²) in [4.78, 5) is 26.8. The molecule has 5 nitrogen and oxygen atoms in total. The Balaban J connectivity index is 1.45. The second kappa shape index (κ2) is 9.34. The number of benzene rings is 2. The SMILES string of the molecule is CC1CCC2CC(C3CC(c4ccc(Br)cc4)=NN3C(=O)c3ccc(Br)cc3)C(=O)NC2C1. The van der Waals surface area contributed by atoms with Gasteiger partial charge < -0.3 is 5.32 Å². The lowest BCUT2D eigenvalue weighted by molar-refractivity contribution is -0.132. The molecule has 1 aliphatic carbocycles. The van der Waals surface area contributed by atoms with Crippen molar-refractivity contribution < 1.29 is 9.59 Å². The molecule has 1 N–H and O–H groups in total. The number of nitrogens with one attached hydrogen (secondary N) is 1. The Bertz CT molecular complexity index is 1080. The van der Waals surface area contributed by atoms with Crippen molar-refractivity contribution in [1.82, 2.24) is 10.3 Å². The number of fused-ring (bicyclic) bond motifs is 1. The summed E-state index contributed by atoms with van der Waals surface area (Å²) >= 11 is 6.92. The van der Waals surface area contributed by atoms with Gasteiger partial charge in [0.2, 0.25) is 5.91 Å². The van der Waals surface area contributed by atoms with Crippen LogP contribution in [-0.2, 0) is 4.79 Å². The van der Waals surface area contributed by atoms with Gasteiger partial charge in [0.05, 0.1) is 17.7 Å². The average Bonchev–Trinajstić information content (AvgIpc) is 3.24. The van der Waals surface area contributed by atoms with Gasteiger partial charge in [-0.05, 0) is 73.1 Å². The summed E-state index contributed by atoms with van der Waals surface area (Å²) in [6.45, 7) is 2.27. The van der Waals surface area contributed by atoms with Crippen LogP contribution in [0.25, 0.3) is 0 Å². The molecule has 1 saturated carbocycles. The van der Waals surface area contributed by atoms with Gasteiger partial charge in [-0.1, -0.05) is 57.3 Å². The molecular weight excluding hydrogens is 546 g/mol. The highest BCUT2D eigenvalue weighted by Crippen LogP contribution is 2.40. The number of hydrazone groups is 1. The van der Waals surface area contributed by atoms with Gasteiger partial charge in [-0.2, -0.15) is 5.10 Å². The van der Waals surface area contributed by atoms with Crippen molar-refractivity contribution in [2.45, 2.75) is 51.1 Å². The minimum absolute atomic E-state index is 0.0659. The Morgan fingerprint density at radius 3 is 2.36 bits per heavy atom. The third kappa shape index (κ3) is 4.67. The summed E-state index contributed by atoms with van der Waals surface area (Å²) in [5.74, 6) is 0.779. The maximum absolute atomic E-state index is 13.5. The Kier molecular flexibility index (Phi) is 6.45. The van der Waals surface area contributed by atoms with E-state index in [0.717, 1.165) is 39.5 Å². The van der Waals surface area contributed by atoms with Gasteiger partial charge in [-0.25, -0.2) is 5.01 Å². The van der Waals surface area contributed by atoms with Crippen LogP contribution in [0.5, 0.6) is 0 Å². The highest BCUT2D eigenvalue weighted by molar-refractivity contribution is 9.10. The second-order valence-electron chi connectivity index (χ2n) is 9.62. The van der Waals surface area contributed by atoms with Gasteiger partial charge in [0, 0.05) is 27.0 Å². The lowest BCUT2D eigenvalue weighted by Gasteiger charge is -2.43. The van der Waals surface area contributed by atoms with E-state index >= 15 is 0 Å². The van der Waals surface area contributed by atoms with Gasteiger partial charge in [-0.3, -0.25) is 9.59 Å². The number of rotatable bonds is 3. The molecule has 0 aromatic heterocycles. The molecule has 1 saturated heterocycles. The molecular formula is C26H27Br2N3O2. The van der Waals surface area contributed by atoms with Gasteiger partial charge in [0.1, 0.15) is 0 Å². The van der Waals surface area contributed by atoms with Crippen molar-refractivity contribution in [3.05, 3.63) is 68.6 Å². The lowest BCUT2D eigenvalue weighted by atomic mass is 9.70. The van der Waals surface area contributed by atoms with Crippen LogP contribution < -0.4 is 5.32 Å². The number of carbonyl (C=O) groups excluding carboxylic acids is 2. The highest BCUT2D eigenvalue weighted by atomic mass is 79.9. The number of halogens is 2. The van der Waals surface area contributed by atoms with E-state index in [4.69, 9.17) is 5.10 Å². The van der Waals surface area contributed by atoms with E-state index in [2.05, 4.69) is 44.1 Å². The minimum atomic E-state index is -0.278. The number of hydrogen-bond donors (Lipinski definition) is 1. The Hall–Kier alpha value is -1.99. The molecule has 5 unspecified atom stereocenters.